The largest absolute Gasteiger partial charge is 0.373 e. The number of amides is 1. The summed E-state index contributed by atoms with van der Waals surface area (Å²) in [5.74, 6) is 0.590. The summed E-state index contributed by atoms with van der Waals surface area (Å²) in [6.45, 7) is 8.09. The molecule has 5 heteroatoms. The molecule has 0 radical (unpaired) electrons. The van der Waals surface area contributed by atoms with Crippen LogP contribution in [0.2, 0.25) is 0 Å². The molecule has 106 valence electrons. The molecule has 0 fully saturated rings. The SMILES string of the molecule is CCN(CC)CCCNC(=O)c1cccc(NC)n1. The molecule has 1 rings (SSSR count). The molecule has 1 amide bonds. The number of nitrogens with zero attached hydrogens (tertiary/aromatic N) is 2. The number of aromatic nitrogens is 1. The number of anilines is 1. The maximum atomic E-state index is 11.9. The van der Waals surface area contributed by atoms with E-state index < -0.39 is 0 Å². The van der Waals surface area contributed by atoms with Crippen LogP contribution in [0.3, 0.4) is 0 Å². The Morgan fingerprint density at radius 2 is 2.05 bits per heavy atom. The number of carbonyl (C=O) groups excluding carboxylic acids is 1. The van der Waals surface area contributed by atoms with E-state index in [0.717, 1.165) is 26.1 Å². The lowest BCUT2D eigenvalue weighted by molar-refractivity contribution is 0.0947. The smallest absolute Gasteiger partial charge is 0.269 e. The first-order valence-electron chi connectivity index (χ1n) is 6.86. The summed E-state index contributed by atoms with van der Waals surface area (Å²) in [5, 5.41) is 5.82. The van der Waals surface area contributed by atoms with Gasteiger partial charge >= 0.3 is 0 Å². The van der Waals surface area contributed by atoms with Crippen LogP contribution in [0.15, 0.2) is 18.2 Å². The Kier molecular flexibility index (Phi) is 6.89. The van der Waals surface area contributed by atoms with E-state index in [1.54, 1.807) is 13.1 Å². The van der Waals surface area contributed by atoms with Gasteiger partial charge in [-0.05, 0) is 38.2 Å². The van der Waals surface area contributed by atoms with Crippen LogP contribution in [0.5, 0.6) is 0 Å². The van der Waals surface area contributed by atoms with Gasteiger partial charge in [-0.25, -0.2) is 4.98 Å². The fraction of sp³-hybridized carbons (Fsp3) is 0.571. The minimum absolute atomic E-state index is 0.114. The fourth-order valence-corrected chi connectivity index (χ4v) is 1.84. The molecular weight excluding hydrogens is 240 g/mol. The van der Waals surface area contributed by atoms with Gasteiger partial charge in [0.05, 0.1) is 0 Å². The lowest BCUT2D eigenvalue weighted by Crippen LogP contribution is -2.30. The lowest BCUT2D eigenvalue weighted by atomic mass is 10.3. The van der Waals surface area contributed by atoms with Crippen molar-refractivity contribution >= 4 is 11.7 Å². The Balaban J connectivity index is 2.34. The molecule has 0 unspecified atom stereocenters. The summed E-state index contributed by atoms with van der Waals surface area (Å²) < 4.78 is 0. The number of rotatable bonds is 8. The van der Waals surface area contributed by atoms with Crippen LogP contribution in [0.4, 0.5) is 5.82 Å². The maximum absolute atomic E-state index is 11.9. The average Bonchev–Trinajstić information content (AvgIpc) is 2.47. The molecule has 19 heavy (non-hydrogen) atoms. The third kappa shape index (κ3) is 5.26. The summed E-state index contributed by atoms with van der Waals surface area (Å²) in [4.78, 5) is 18.4. The zero-order chi connectivity index (χ0) is 14.1. The van der Waals surface area contributed by atoms with E-state index in [1.807, 2.05) is 12.1 Å². The van der Waals surface area contributed by atoms with Crippen LogP contribution in [0.1, 0.15) is 30.8 Å². The quantitative estimate of drug-likeness (QED) is 0.700. The molecule has 1 heterocycles. The number of nitrogens with one attached hydrogen (secondary N) is 2. The predicted molar refractivity (Wildman–Crippen MR) is 78.5 cm³/mol. The zero-order valence-corrected chi connectivity index (χ0v) is 12.1. The van der Waals surface area contributed by atoms with E-state index in [4.69, 9.17) is 0 Å². The van der Waals surface area contributed by atoms with Gasteiger partial charge in [0.2, 0.25) is 0 Å². The number of hydrogen-bond acceptors (Lipinski definition) is 4. The Bertz CT molecular complexity index is 391. The number of pyridine rings is 1. The second-order valence-corrected chi connectivity index (χ2v) is 4.29. The highest BCUT2D eigenvalue weighted by Gasteiger charge is 2.07. The monoisotopic (exact) mass is 264 g/mol. The minimum Gasteiger partial charge on any atom is -0.373 e. The number of carbonyl (C=O) groups is 1. The molecular formula is C14H24N4O. The molecule has 0 saturated heterocycles. The summed E-state index contributed by atoms with van der Waals surface area (Å²) in [6.07, 6.45) is 0.957. The molecule has 2 N–H and O–H groups in total. The Hall–Kier alpha value is -1.62. The van der Waals surface area contributed by atoms with E-state index >= 15 is 0 Å². The van der Waals surface area contributed by atoms with Crippen molar-refractivity contribution in [3.8, 4) is 0 Å². The third-order valence-electron chi connectivity index (χ3n) is 3.07. The van der Waals surface area contributed by atoms with Gasteiger partial charge in [0, 0.05) is 13.6 Å². The highest BCUT2D eigenvalue weighted by atomic mass is 16.1. The van der Waals surface area contributed by atoms with Gasteiger partial charge in [0.25, 0.3) is 5.91 Å². The normalized spacial score (nSPS) is 10.5. The van der Waals surface area contributed by atoms with Crippen molar-refractivity contribution in [1.82, 2.24) is 15.2 Å². The van der Waals surface area contributed by atoms with Gasteiger partial charge in [0.1, 0.15) is 11.5 Å². The van der Waals surface area contributed by atoms with Crippen LogP contribution >= 0.6 is 0 Å². The summed E-state index contributed by atoms with van der Waals surface area (Å²) >= 11 is 0. The molecule has 0 aliphatic carbocycles. The van der Waals surface area contributed by atoms with Crippen LogP contribution in [0, 0.1) is 0 Å². The van der Waals surface area contributed by atoms with Crippen LogP contribution in [-0.2, 0) is 0 Å². The van der Waals surface area contributed by atoms with Crippen LogP contribution < -0.4 is 10.6 Å². The highest BCUT2D eigenvalue weighted by Crippen LogP contribution is 2.03. The van der Waals surface area contributed by atoms with Crippen LogP contribution in [-0.4, -0.2) is 49.0 Å². The molecule has 0 aliphatic heterocycles. The molecule has 0 atom stereocenters. The predicted octanol–water partition coefficient (Wildman–Crippen LogP) is 1.58. The van der Waals surface area contributed by atoms with Crippen LogP contribution in [0.25, 0.3) is 0 Å². The first-order chi connectivity index (χ1) is 9.21. The molecule has 0 spiro atoms. The highest BCUT2D eigenvalue weighted by molar-refractivity contribution is 5.92. The standard InChI is InChI=1S/C14H24N4O/c1-4-18(5-2)11-7-10-16-14(19)12-8-6-9-13(15-3)17-12/h6,8-9H,4-5,7,10-11H2,1-3H3,(H,15,17)(H,16,19). The van der Waals surface area contributed by atoms with Gasteiger partial charge in [-0.2, -0.15) is 0 Å². The van der Waals surface area contributed by atoms with E-state index in [-0.39, 0.29) is 5.91 Å². The molecule has 5 nitrogen and oxygen atoms in total. The maximum Gasteiger partial charge on any atom is 0.269 e. The average molecular weight is 264 g/mol. The molecule has 0 aromatic carbocycles. The third-order valence-corrected chi connectivity index (χ3v) is 3.07. The molecule has 0 bridgehead atoms. The first-order valence-corrected chi connectivity index (χ1v) is 6.86. The Labute approximate surface area is 115 Å². The molecule has 0 aliphatic rings. The second kappa shape index (κ2) is 8.48. The van der Waals surface area contributed by atoms with Gasteiger partial charge in [-0.3, -0.25) is 4.79 Å². The van der Waals surface area contributed by atoms with Crippen molar-refractivity contribution < 1.29 is 4.79 Å². The van der Waals surface area contributed by atoms with E-state index in [1.165, 1.54) is 0 Å². The Morgan fingerprint density at radius 1 is 1.32 bits per heavy atom. The molecule has 0 saturated carbocycles. The van der Waals surface area contributed by atoms with Gasteiger partial charge < -0.3 is 15.5 Å². The Morgan fingerprint density at radius 3 is 2.68 bits per heavy atom. The van der Waals surface area contributed by atoms with Crippen molar-refractivity contribution in [2.45, 2.75) is 20.3 Å². The minimum atomic E-state index is -0.114. The fourth-order valence-electron chi connectivity index (χ4n) is 1.84. The van der Waals surface area contributed by atoms with Crippen molar-refractivity contribution in [3.05, 3.63) is 23.9 Å². The molecule has 1 aromatic rings. The summed E-state index contributed by atoms with van der Waals surface area (Å²) in [7, 11) is 1.79. The van der Waals surface area contributed by atoms with Crippen molar-refractivity contribution in [1.29, 1.82) is 0 Å². The van der Waals surface area contributed by atoms with Crippen molar-refractivity contribution in [2.24, 2.45) is 0 Å². The second-order valence-electron chi connectivity index (χ2n) is 4.29. The zero-order valence-electron chi connectivity index (χ0n) is 12.1. The number of hydrogen-bond donors (Lipinski definition) is 2. The van der Waals surface area contributed by atoms with E-state index in [2.05, 4.69) is 34.4 Å². The van der Waals surface area contributed by atoms with E-state index in [0.29, 0.717) is 18.1 Å². The first kappa shape index (κ1) is 15.4. The van der Waals surface area contributed by atoms with Crippen molar-refractivity contribution in [2.75, 3.05) is 38.5 Å². The van der Waals surface area contributed by atoms with Crippen molar-refractivity contribution in [3.63, 3.8) is 0 Å². The summed E-state index contributed by atoms with van der Waals surface area (Å²) in [5.41, 5.74) is 0.453. The topological polar surface area (TPSA) is 57.3 Å². The molecule has 1 aromatic heterocycles. The summed E-state index contributed by atoms with van der Waals surface area (Å²) in [6, 6.07) is 5.38. The lowest BCUT2D eigenvalue weighted by Gasteiger charge is -2.17. The van der Waals surface area contributed by atoms with Gasteiger partial charge in [0.15, 0.2) is 0 Å². The van der Waals surface area contributed by atoms with Gasteiger partial charge in [-0.15, -0.1) is 0 Å². The van der Waals surface area contributed by atoms with E-state index in [9.17, 15) is 4.79 Å². The van der Waals surface area contributed by atoms with Gasteiger partial charge in [-0.1, -0.05) is 19.9 Å².